The molecule has 19 heavy (non-hydrogen) atoms. The molecule has 2 aromatic rings. The average Bonchev–Trinajstić information content (AvgIpc) is 2.48. The lowest BCUT2D eigenvalue weighted by Crippen LogP contribution is -2.54. The lowest BCUT2D eigenvalue weighted by molar-refractivity contribution is -0.426. The lowest BCUT2D eigenvalue weighted by atomic mass is 9.96. The third-order valence-corrected chi connectivity index (χ3v) is 3.73. The fourth-order valence-electron chi connectivity index (χ4n) is 2.65. The summed E-state index contributed by atoms with van der Waals surface area (Å²) in [6.45, 7) is 0.851. The summed E-state index contributed by atoms with van der Waals surface area (Å²) >= 11 is 0. The fourth-order valence-corrected chi connectivity index (χ4v) is 2.65. The Morgan fingerprint density at radius 3 is 2.79 bits per heavy atom. The molecule has 1 aliphatic rings. The zero-order valence-electron chi connectivity index (χ0n) is 11.1. The molecule has 3 N–H and O–H groups in total. The quantitative estimate of drug-likeness (QED) is 0.898. The SMILES string of the molecule is [NH3+][C@H](Cc1ccccc1)c1ccc2c(c1)CCCO2. The van der Waals surface area contributed by atoms with E-state index in [1.165, 1.54) is 16.7 Å². The van der Waals surface area contributed by atoms with Crippen molar-refractivity contribution in [2.24, 2.45) is 0 Å². The molecule has 0 aromatic heterocycles. The van der Waals surface area contributed by atoms with E-state index in [0.29, 0.717) is 6.04 Å². The van der Waals surface area contributed by atoms with Crippen LogP contribution in [0, 0.1) is 0 Å². The smallest absolute Gasteiger partial charge is 0.122 e. The predicted molar refractivity (Wildman–Crippen MR) is 76.0 cm³/mol. The summed E-state index contributed by atoms with van der Waals surface area (Å²) in [6, 6.07) is 17.4. The van der Waals surface area contributed by atoms with Gasteiger partial charge in [-0.25, -0.2) is 0 Å². The van der Waals surface area contributed by atoms with Gasteiger partial charge in [-0.2, -0.15) is 0 Å². The topological polar surface area (TPSA) is 36.9 Å². The zero-order chi connectivity index (χ0) is 13.1. The van der Waals surface area contributed by atoms with Crippen LogP contribution in [0.15, 0.2) is 48.5 Å². The van der Waals surface area contributed by atoms with E-state index in [9.17, 15) is 0 Å². The van der Waals surface area contributed by atoms with Gasteiger partial charge >= 0.3 is 0 Å². The summed E-state index contributed by atoms with van der Waals surface area (Å²) < 4.78 is 5.66. The van der Waals surface area contributed by atoms with Gasteiger partial charge in [-0.15, -0.1) is 0 Å². The molecule has 98 valence electrons. The summed E-state index contributed by atoms with van der Waals surface area (Å²) in [4.78, 5) is 0. The van der Waals surface area contributed by atoms with Crippen molar-refractivity contribution in [1.82, 2.24) is 0 Å². The maximum absolute atomic E-state index is 5.66. The predicted octanol–water partition coefficient (Wildman–Crippen LogP) is 2.54. The van der Waals surface area contributed by atoms with Gasteiger partial charge in [-0.1, -0.05) is 30.3 Å². The molecule has 0 saturated heterocycles. The van der Waals surface area contributed by atoms with Gasteiger partial charge in [-0.05, 0) is 42.2 Å². The Bertz CT molecular complexity index is 550. The van der Waals surface area contributed by atoms with Gasteiger partial charge in [0.15, 0.2) is 0 Å². The summed E-state index contributed by atoms with van der Waals surface area (Å²) in [6.07, 6.45) is 3.23. The van der Waals surface area contributed by atoms with Gasteiger partial charge in [0.1, 0.15) is 11.8 Å². The molecule has 0 amide bonds. The van der Waals surface area contributed by atoms with Gasteiger partial charge in [0.05, 0.1) is 6.61 Å². The third kappa shape index (κ3) is 2.79. The van der Waals surface area contributed by atoms with E-state index in [4.69, 9.17) is 4.74 Å². The number of fused-ring (bicyclic) bond motifs is 1. The first-order valence-electron chi connectivity index (χ1n) is 6.95. The number of hydrogen-bond acceptors (Lipinski definition) is 1. The summed E-state index contributed by atoms with van der Waals surface area (Å²) in [7, 11) is 0. The Labute approximate surface area is 114 Å². The highest BCUT2D eigenvalue weighted by molar-refractivity contribution is 5.39. The van der Waals surface area contributed by atoms with Crippen molar-refractivity contribution >= 4 is 0 Å². The van der Waals surface area contributed by atoms with Gasteiger partial charge < -0.3 is 10.5 Å². The molecule has 0 saturated carbocycles. The fraction of sp³-hybridized carbons (Fsp3) is 0.294. The van der Waals surface area contributed by atoms with E-state index in [1.807, 2.05) is 0 Å². The van der Waals surface area contributed by atoms with Crippen molar-refractivity contribution in [1.29, 1.82) is 0 Å². The zero-order valence-corrected chi connectivity index (χ0v) is 11.1. The maximum Gasteiger partial charge on any atom is 0.122 e. The van der Waals surface area contributed by atoms with Gasteiger partial charge in [0.25, 0.3) is 0 Å². The van der Waals surface area contributed by atoms with Crippen molar-refractivity contribution in [2.45, 2.75) is 25.3 Å². The number of aryl methyl sites for hydroxylation is 1. The first-order valence-corrected chi connectivity index (χ1v) is 6.95. The second kappa shape index (κ2) is 5.45. The van der Waals surface area contributed by atoms with Crippen molar-refractivity contribution in [2.75, 3.05) is 6.61 Å². The molecule has 2 nitrogen and oxygen atoms in total. The van der Waals surface area contributed by atoms with Crippen LogP contribution in [0.4, 0.5) is 0 Å². The maximum atomic E-state index is 5.66. The van der Waals surface area contributed by atoms with E-state index in [0.717, 1.165) is 31.6 Å². The van der Waals surface area contributed by atoms with Crippen LogP contribution in [-0.2, 0) is 12.8 Å². The van der Waals surface area contributed by atoms with Crippen molar-refractivity contribution in [3.63, 3.8) is 0 Å². The largest absolute Gasteiger partial charge is 0.493 e. The Morgan fingerprint density at radius 2 is 1.95 bits per heavy atom. The van der Waals surface area contributed by atoms with Crippen LogP contribution in [-0.4, -0.2) is 6.61 Å². The first kappa shape index (κ1) is 12.2. The van der Waals surface area contributed by atoms with Crippen LogP contribution in [0.25, 0.3) is 0 Å². The molecular weight excluding hydrogens is 234 g/mol. The highest BCUT2D eigenvalue weighted by Gasteiger charge is 2.15. The molecule has 0 unspecified atom stereocenters. The number of ether oxygens (including phenoxy) is 1. The molecule has 3 rings (SSSR count). The Morgan fingerprint density at radius 1 is 1.11 bits per heavy atom. The standard InChI is InChI=1S/C17H19NO/c18-16(11-13-5-2-1-3-6-13)14-8-9-17-15(12-14)7-4-10-19-17/h1-3,5-6,8-9,12,16H,4,7,10-11,18H2/p+1/t16-/m1/s1. The van der Waals surface area contributed by atoms with E-state index in [-0.39, 0.29) is 0 Å². The van der Waals surface area contributed by atoms with Gasteiger partial charge in [-0.3, -0.25) is 0 Å². The Kier molecular flexibility index (Phi) is 3.51. The summed E-state index contributed by atoms with van der Waals surface area (Å²) in [5, 5.41) is 0. The Hall–Kier alpha value is -1.80. The summed E-state index contributed by atoms with van der Waals surface area (Å²) in [5.74, 6) is 1.06. The third-order valence-electron chi connectivity index (χ3n) is 3.73. The molecule has 2 heteroatoms. The van der Waals surface area contributed by atoms with Gasteiger partial charge in [0.2, 0.25) is 0 Å². The van der Waals surface area contributed by atoms with E-state index in [1.54, 1.807) is 0 Å². The second-order valence-corrected chi connectivity index (χ2v) is 5.21. The molecular formula is C17H20NO+. The van der Waals surface area contributed by atoms with E-state index < -0.39 is 0 Å². The molecule has 2 aromatic carbocycles. The molecule has 1 aliphatic heterocycles. The number of benzene rings is 2. The number of hydrogen-bond donors (Lipinski definition) is 1. The summed E-state index contributed by atoms with van der Waals surface area (Å²) in [5.41, 5.74) is 8.31. The second-order valence-electron chi connectivity index (χ2n) is 5.21. The monoisotopic (exact) mass is 254 g/mol. The van der Waals surface area contributed by atoms with Crippen LogP contribution in [0.2, 0.25) is 0 Å². The van der Waals surface area contributed by atoms with Gasteiger partial charge in [0, 0.05) is 12.0 Å². The average molecular weight is 254 g/mol. The minimum absolute atomic E-state index is 0.301. The van der Waals surface area contributed by atoms with E-state index >= 15 is 0 Å². The van der Waals surface area contributed by atoms with Crippen LogP contribution < -0.4 is 10.5 Å². The van der Waals surface area contributed by atoms with Crippen LogP contribution in [0.5, 0.6) is 5.75 Å². The minimum atomic E-state index is 0.301. The van der Waals surface area contributed by atoms with Crippen molar-refractivity contribution in [3.05, 3.63) is 65.2 Å². The molecule has 0 fully saturated rings. The molecule has 1 atom stereocenters. The molecule has 1 heterocycles. The molecule has 0 spiro atoms. The first-order chi connectivity index (χ1) is 9.33. The van der Waals surface area contributed by atoms with Crippen LogP contribution in [0.1, 0.15) is 29.2 Å². The highest BCUT2D eigenvalue weighted by atomic mass is 16.5. The van der Waals surface area contributed by atoms with Crippen LogP contribution in [0.3, 0.4) is 0 Å². The normalized spacial score (nSPS) is 15.4. The van der Waals surface area contributed by atoms with Crippen molar-refractivity contribution in [3.8, 4) is 5.75 Å². The number of rotatable bonds is 3. The van der Waals surface area contributed by atoms with E-state index in [2.05, 4.69) is 54.3 Å². The lowest BCUT2D eigenvalue weighted by Gasteiger charge is -2.19. The van der Waals surface area contributed by atoms with Crippen LogP contribution >= 0.6 is 0 Å². The Balaban J connectivity index is 1.78. The van der Waals surface area contributed by atoms with Crippen molar-refractivity contribution < 1.29 is 10.5 Å². The molecule has 0 bridgehead atoms. The number of quaternary nitrogens is 1. The molecule has 0 radical (unpaired) electrons. The minimum Gasteiger partial charge on any atom is -0.493 e. The molecule has 0 aliphatic carbocycles. The highest BCUT2D eigenvalue weighted by Crippen LogP contribution is 2.27.